The van der Waals surface area contributed by atoms with Crippen molar-refractivity contribution in [3.63, 3.8) is 0 Å². The quantitative estimate of drug-likeness (QED) is 0.881. The van der Waals surface area contributed by atoms with Crippen molar-refractivity contribution in [1.82, 2.24) is 10.3 Å². The Labute approximate surface area is 114 Å². The molecule has 1 heterocycles. The van der Waals surface area contributed by atoms with E-state index in [0.29, 0.717) is 0 Å². The van der Waals surface area contributed by atoms with Gasteiger partial charge in [-0.05, 0) is 57.9 Å². The van der Waals surface area contributed by atoms with Gasteiger partial charge in [0.2, 0.25) is 0 Å². The normalized spacial score (nSPS) is 27.9. The first-order valence-corrected chi connectivity index (χ1v) is 8.20. The highest BCUT2D eigenvalue weighted by atomic mass is 32.1. The highest BCUT2D eigenvalue weighted by molar-refractivity contribution is 7.11. The van der Waals surface area contributed by atoms with E-state index in [0.717, 1.165) is 17.9 Å². The van der Waals surface area contributed by atoms with Crippen molar-refractivity contribution in [2.75, 3.05) is 6.54 Å². The highest BCUT2D eigenvalue weighted by Gasteiger charge is 2.30. The van der Waals surface area contributed by atoms with Crippen molar-refractivity contribution in [2.24, 2.45) is 11.8 Å². The van der Waals surface area contributed by atoms with Crippen LogP contribution in [-0.2, 0) is 6.42 Å². The Morgan fingerprint density at radius 3 is 2.61 bits per heavy atom. The molecule has 1 aromatic rings. The van der Waals surface area contributed by atoms with Crippen LogP contribution in [0.2, 0.25) is 0 Å². The van der Waals surface area contributed by atoms with Gasteiger partial charge in [0, 0.05) is 17.3 Å². The zero-order chi connectivity index (χ0) is 12.5. The van der Waals surface area contributed by atoms with Gasteiger partial charge in [-0.3, -0.25) is 0 Å². The Morgan fingerprint density at radius 2 is 1.94 bits per heavy atom. The van der Waals surface area contributed by atoms with Gasteiger partial charge in [-0.15, -0.1) is 11.3 Å². The molecule has 2 unspecified atom stereocenters. The summed E-state index contributed by atoms with van der Waals surface area (Å²) in [5, 5.41) is 5.08. The molecule has 100 valence electrons. The fourth-order valence-electron chi connectivity index (χ4n) is 3.11. The lowest BCUT2D eigenvalue weighted by molar-refractivity contribution is 0.363. The number of nitrogens with zero attached hydrogens (tertiary/aromatic N) is 1. The number of thiazole rings is 1. The minimum atomic E-state index is 0.857. The van der Waals surface area contributed by atoms with E-state index in [9.17, 15) is 0 Å². The standard InChI is InChI=1S/C15H24N2S/c1-10-11(2)18-15(17-10)8-12-4-3-5-13(12)9-16-14-6-7-14/h12-14,16H,3-9H2,1-2H3. The van der Waals surface area contributed by atoms with Crippen molar-refractivity contribution in [1.29, 1.82) is 0 Å². The van der Waals surface area contributed by atoms with Crippen molar-refractivity contribution in [2.45, 2.75) is 58.4 Å². The second kappa shape index (κ2) is 5.30. The van der Waals surface area contributed by atoms with E-state index in [-0.39, 0.29) is 0 Å². The van der Waals surface area contributed by atoms with E-state index in [4.69, 9.17) is 4.98 Å². The number of hydrogen-bond acceptors (Lipinski definition) is 3. The van der Waals surface area contributed by atoms with Crippen LogP contribution in [0.3, 0.4) is 0 Å². The molecule has 2 aliphatic rings. The molecule has 2 saturated carbocycles. The lowest BCUT2D eigenvalue weighted by Crippen LogP contribution is -2.27. The second-order valence-corrected chi connectivity index (χ2v) is 7.37. The largest absolute Gasteiger partial charge is 0.314 e. The van der Waals surface area contributed by atoms with E-state index in [2.05, 4.69) is 19.2 Å². The minimum Gasteiger partial charge on any atom is -0.314 e. The summed E-state index contributed by atoms with van der Waals surface area (Å²) in [6, 6.07) is 0.857. The molecule has 0 radical (unpaired) electrons. The SMILES string of the molecule is Cc1nc(CC2CCCC2CNC2CC2)sc1C. The van der Waals surface area contributed by atoms with Gasteiger partial charge in [-0.2, -0.15) is 0 Å². The van der Waals surface area contributed by atoms with E-state index in [1.807, 2.05) is 11.3 Å². The van der Waals surface area contributed by atoms with Crippen LogP contribution >= 0.6 is 11.3 Å². The van der Waals surface area contributed by atoms with Crippen molar-refractivity contribution >= 4 is 11.3 Å². The predicted octanol–water partition coefficient (Wildman–Crippen LogP) is 3.47. The molecular weight excluding hydrogens is 240 g/mol. The molecule has 2 aliphatic carbocycles. The summed E-state index contributed by atoms with van der Waals surface area (Å²) in [4.78, 5) is 6.11. The van der Waals surface area contributed by atoms with E-state index in [1.165, 1.54) is 60.6 Å². The molecule has 0 saturated heterocycles. The fourth-order valence-corrected chi connectivity index (χ4v) is 4.13. The molecule has 2 nitrogen and oxygen atoms in total. The zero-order valence-electron chi connectivity index (χ0n) is 11.5. The topological polar surface area (TPSA) is 24.9 Å². The second-order valence-electron chi connectivity index (χ2n) is 6.09. The summed E-state index contributed by atoms with van der Waals surface area (Å²) in [6.45, 7) is 5.58. The van der Waals surface area contributed by atoms with E-state index >= 15 is 0 Å². The third-order valence-electron chi connectivity index (χ3n) is 4.57. The summed E-state index contributed by atoms with van der Waals surface area (Å²) >= 11 is 1.91. The summed E-state index contributed by atoms with van der Waals surface area (Å²) in [6.07, 6.45) is 8.29. The zero-order valence-corrected chi connectivity index (χ0v) is 12.4. The van der Waals surface area contributed by atoms with E-state index < -0.39 is 0 Å². The maximum atomic E-state index is 4.71. The van der Waals surface area contributed by atoms with Crippen molar-refractivity contribution < 1.29 is 0 Å². The van der Waals surface area contributed by atoms with Gasteiger partial charge >= 0.3 is 0 Å². The Balaban J connectivity index is 1.56. The van der Waals surface area contributed by atoms with Crippen LogP contribution in [0.1, 0.15) is 47.7 Å². The van der Waals surface area contributed by atoms with Crippen LogP contribution in [0.5, 0.6) is 0 Å². The maximum Gasteiger partial charge on any atom is 0.0933 e. The molecule has 3 rings (SSSR count). The predicted molar refractivity (Wildman–Crippen MR) is 77.1 cm³/mol. The third-order valence-corrected chi connectivity index (χ3v) is 5.67. The first-order valence-electron chi connectivity index (χ1n) is 7.38. The first-order chi connectivity index (χ1) is 8.72. The van der Waals surface area contributed by atoms with Crippen LogP contribution in [0.15, 0.2) is 0 Å². The van der Waals surface area contributed by atoms with E-state index in [1.54, 1.807) is 0 Å². The molecule has 2 atom stereocenters. The van der Waals surface area contributed by atoms with Gasteiger partial charge in [-0.1, -0.05) is 6.42 Å². The molecular formula is C15H24N2S. The lowest BCUT2D eigenvalue weighted by Gasteiger charge is -2.19. The molecule has 0 aromatic carbocycles. The molecule has 0 spiro atoms. The summed E-state index contributed by atoms with van der Waals surface area (Å²) in [5.41, 5.74) is 1.24. The number of rotatable bonds is 5. The Bertz CT molecular complexity index is 389. The Morgan fingerprint density at radius 1 is 1.17 bits per heavy atom. The molecule has 2 fully saturated rings. The third kappa shape index (κ3) is 2.94. The first kappa shape index (κ1) is 12.6. The molecule has 1 aromatic heterocycles. The van der Waals surface area contributed by atoms with Gasteiger partial charge in [-0.25, -0.2) is 4.98 Å². The maximum absolute atomic E-state index is 4.71. The van der Waals surface area contributed by atoms with Crippen LogP contribution in [0.25, 0.3) is 0 Å². The van der Waals surface area contributed by atoms with Crippen molar-refractivity contribution in [3.05, 3.63) is 15.6 Å². The number of aryl methyl sites for hydroxylation is 2. The monoisotopic (exact) mass is 264 g/mol. The molecule has 0 bridgehead atoms. The van der Waals surface area contributed by atoms with Gasteiger partial charge in [0.05, 0.1) is 10.7 Å². The van der Waals surface area contributed by atoms with Gasteiger partial charge < -0.3 is 5.32 Å². The molecule has 0 aliphatic heterocycles. The summed E-state index contributed by atoms with van der Waals surface area (Å²) < 4.78 is 0. The lowest BCUT2D eigenvalue weighted by atomic mass is 9.93. The average molecular weight is 264 g/mol. The van der Waals surface area contributed by atoms with Gasteiger partial charge in [0.1, 0.15) is 0 Å². The molecule has 1 N–H and O–H groups in total. The van der Waals surface area contributed by atoms with Gasteiger partial charge in [0.15, 0.2) is 0 Å². The number of hydrogen-bond donors (Lipinski definition) is 1. The highest BCUT2D eigenvalue weighted by Crippen LogP contribution is 2.35. The van der Waals surface area contributed by atoms with Crippen LogP contribution in [0.4, 0.5) is 0 Å². The van der Waals surface area contributed by atoms with Gasteiger partial charge in [0.25, 0.3) is 0 Å². The molecule has 18 heavy (non-hydrogen) atoms. The smallest absolute Gasteiger partial charge is 0.0933 e. The number of nitrogens with one attached hydrogen (secondary N) is 1. The van der Waals surface area contributed by atoms with Crippen LogP contribution in [-0.4, -0.2) is 17.6 Å². The Kier molecular flexibility index (Phi) is 3.71. The van der Waals surface area contributed by atoms with Crippen molar-refractivity contribution in [3.8, 4) is 0 Å². The summed E-state index contributed by atoms with van der Waals surface area (Å²) in [5.74, 6) is 1.77. The van der Waals surface area contributed by atoms with Crippen LogP contribution < -0.4 is 5.32 Å². The fraction of sp³-hybridized carbons (Fsp3) is 0.800. The average Bonchev–Trinajstić information content (AvgIpc) is 2.99. The Hall–Kier alpha value is -0.410. The molecule has 3 heteroatoms. The minimum absolute atomic E-state index is 0.857. The molecule has 0 amide bonds. The number of aromatic nitrogens is 1. The van der Waals surface area contributed by atoms with Crippen LogP contribution in [0, 0.1) is 25.7 Å². The summed E-state index contributed by atoms with van der Waals surface area (Å²) in [7, 11) is 0.